The molecule has 2 atom stereocenters. The number of anilines is 2. The van der Waals surface area contributed by atoms with Gasteiger partial charge in [-0.05, 0) is 71.8 Å². The Kier molecular flexibility index (Phi) is 12.1. The van der Waals surface area contributed by atoms with Crippen LogP contribution in [0.4, 0.5) is 37.7 Å². The molecule has 54 heavy (non-hydrogen) atoms. The van der Waals surface area contributed by atoms with E-state index in [0.29, 0.717) is 88.3 Å². The molecular formula is C41H44F6N4O3. The average Bonchev–Trinajstić information content (AvgIpc) is 3.18. The molecule has 0 aromatic heterocycles. The fraction of sp³-hybridized carbons (Fsp3) is 0.390. The summed E-state index contributed by atoms with van der Waals surface area (Å²) in [6, 6.07) is 25.6. The quantitative estimate of drug-likeness (QED) is 0.137. The van der Waals surface area contributed by atoms with Gasteiger partial charge in [-0.2, -0.15) is 26.3 Å². The van der Waals surface area contributed by atoms with Crippen molar-refractivity contribution >= 4 is 17.2 Å². The third-order valence-corrected chi connectivity index (χ3v) is 10.4. The summed E-state index contributed by atoms with van der Waals surface area (Å²) in [4.78, 5) is 23.3. The molecule has 2 aliphatic heterocycles. The summed E-state index contributed by atoms with van der Waals surface area (Å²) >= 11 is 0. The van der Waals surface area contributed by atoms with Gasteiger partial charge in [0.2, 0.25) is 0 Å². The lowest BCUT2D eigenvalue weighted by atomic mass is 9.82. The molecule has 2 fully saturated rings. The Morgan fingerprint density at radius 1 is 0.556 bits per heavy atom. The molecule has 0 amide bonds. The van der Waals surface area contributed by atoms with E-state index in [1.54, 1.807) is 26.4 Å². The molecular weight excluding hydrogens is 710 g/mol. The maximum absolute atomic E-state index is 15.1. The second kappa shape index (κ2) is 16.7. The molecule has 0 N–H and O–H groups in total. The normalized spacial score (nSPS) is 17.3. The number of rotatable bonds is 12. The average molecular weight is 755 g/mol. The van der Waals surface area contributed by atoms with Crippen LogP contribution in [0, 0.1) is 0 Å². The van der Waals surface area contributed by atoms with Gasteiger partial charge in [0, 0.05) is 76.8 Å². The van der Waals surface area contributed by atoms with Gasteiger partial charge < -0.3 is 19.3 Å². The number of halogens is 6. The Balaban J connectivity index is 1.22. The number of carbonyl (C=O) groups is 1. The minimum Gasteiger partial charge on any atom is -0.497 e. The number of carbonyl (C=O) groups excluding carboxylic acids is 1. The van der Waals surface area contributed by atoms with Gasteiger partial charge in [-0.3, -0.25) is 14.6 Å². The van der Waals surface area contributed by atoms with Crippen molar-refractivity contribution in [2.24, 2.45) is 0 Å². The first-order chi connectivity index (χ1) is 25.8. The highest BCUT2D eigenvalue weighted by Crippen LogP contribution is 2.35. The maximum Gasteiger partial charge on any atom is 0.416 e. The van der Waals surface area contributed by atoms with Gasteiger partial charge in [0.1, 0.15) is 17.3 Å². The highest BCUT2D eigenvalue weighted by Gasteiger charge is 2.36. The molecule has 7 nitrogen and oxygen atoms in total. The molecule has 6 rings (SSSR count). The smallest absolute Gasteiger partial charge is 0.416 e. The van der Waals surface area contributed by atoms with E-state index in [-0.39, 0.29) is 5.78 Å². The number of piperazine rings is 2. The summed E-state index contributed by atoms with van der Waals surface area (Å²) in [6.45, 7) is 4.96. The lowest BCUT2D eigenvalue weighted by molar-refractivity contribution is -0.138. The van der Waals surface area contributed by atoms with Crippen molar-refractivity contribution in [3.8, 4) is 11.5 Å². The number of ether oxygens (including phenoxy) is 2. The molecule has 0 bridgehead atoms. The number of alkyl halides is 6. The molecule has 2 saturated heterocycles. The largest absolute Gasteiger partial charge is 0.497 e. The molecule has 0 radical (unpaired) electrons. The first-order valence-corrected chi connectivity index (χ1v) is 17.9. The monoisotopic (exact) mass is 754 g/mol. The minimum absolute atomic E-state index is 0.00266. The molecule has 0 aliphatic carbocycles. The third kappa shape index (κ3) is 9.48. The van der Waals surface area contributed by atoms with Gasteiger partial charge in [0.25, 0.3) is 0 Å². The van der Waals surface area contributed by atoms with E-state index in [0.717, 1.165) is 23.3 Å². The van der Waals surface area contributed by atoms with Crippen molar-refractivity contribution in [2.75, 3.05) is 89.5 Å². The van der Waals surface area contributed by atoms with Gasteiger partial charge >= 0.3 is 12.4 Å². The van der Waals surface area contributed by atoms with Crippen molar-refractivity contribution in [3.63, 3.8) is 0 Å². The van der Waals surface area contributed by atoms with Crippen molar-refractivity contribution in [3.05, 3.63) is 119 Å². The summed E-state index contributed by atoms with van der Waals surface area (Å²) in [5.41, 5.74) is 1.23. The van der Waals surface area contributed by atoms with Crippen LogP contribution >= 0.6 is 0 Å². The second-order valence-corrected chi connectivity index (χ2v) is 13.7. The van der Waals surface area contributed by atoms with Crippen molar-refractivity contribution < 1.29 is 40.6 Å². The molecule has 4 aromatic rings. The Hall–Kier alpha value is -4.75. The molecule has 2 heterocycles. The predicted molar refractivity (Wildman–Crippen MR) is 197 cm³/mol. The third-order valence-electron chi connectivity index (χ3n) is 10.4. The van der Waals surface area contributed by atoms with Crippen LogP contribution < -0.4 is 19.3 Å². The van der Waals surface area contributed by atoms with Gasteiger partial charge in [0.15, 0.2) is 0 Å². The van der Waals surface area contributed by atoms with E-state index in [9.17, 15) is 26.3 Å². The molecule has 13 heteroatoms. The Morgan fingerprint density at radius 3 is 1.28 bits per heavy atom. The highest BCUT2D eigenvalue weighted by molar-refractivity contribution is 5.92. The molecule has 0 saturated carbocycles. The van der Waals surface area contributed by atoms with Crippen LogP contribution in [-0.4, -0.2) is 95.3 Å². The van der Waals surface area contributed by atoms with E-state index in [1.807, 2.05) is 58.3 Å². The zero-order chi connectivity index (χ0) is 38.5. The van der Waals surface area contributed by atoms with E-state index in [1.165, 1.54) is 24.3 Å². The fourth-order valence-electron chi connectivity index (χ4n) is 7.33. The van der Waals surface area contributed by atoms with E-state index in [4.69, 9.17) is 9.47 Å². The minimum atomic E-state index is -4.43. The number of hydrogen-bond acceptors (Lipinski definition) is 7. The zero-order valence-corrected chi connectivity index (χ0v) is 30.2. The van der Waals surface area contributed by atoms with Crippen LogP contribution in [0.2, 0.25) is 0 Å². The first-order valence-electron chi connectivity index (χ1n) is 17.9. The summed E-state index contributed by atoms with van der Waals surface area (Å²) in [7, 11) is 3.14. The Morgan fingerprint density at radius 2 is 0.926 bits per heavy atom. The number of nitrogens with zero attached hydrogens (tertiary/aromatic N) is 4. The summed E-state index contributed by atoms with van der Waals surface area (Å²) in [5, 5.41) is 0. The van der Waals surface area contributed by atoms with Crippen LogP contribution in [0.3, 0.4) is 0 Å². The summed E-state index contributed by atoms with van der Waals surface area (Å²) in [5.74, 6) is 0.0920. The van der Waals surface area contributed by atoms with Crippen molar-refractivity contribution in [2.45, 2.75) is 24.2 Å². The van der Waals surface area contributed by atoms with Crippen LogP contribution in [0.1, 0.15) is 34.1 Å². The van der Waals surface area contributed by atoms with Gasteiger partial charge in [-0.25, -0.2) is 0 Å². The van der Waals surface area contributed by atoms with Crippen molar-refractivity contribution in [1.29, 1.82) is 0 Å². The first kappa shape index (κ1) is 39.0. The highest BCUT2D eigenvalue weighted by atomic mass is 19.4. The number of methoxy groups -OCH3 is 2. The molecule has 288 valence electrons. The Labute approximate surface area is 311 Å². The van der Waals surface area contributed by atoms with E-state index in [2.05, 4.69) is 9.80 Å². The zero-order valence-electron chi connectivity index (χ0n) is 30.2. The Bertz CT molecular complexity index is 1740. The predicted octanol–water partition coefficient (Wildman–Crippen LogP) is 7.82. The topological polar surface area (TPSA) is 48.5 Å². The van der Waals surface area contributed by atoms with E-state index >= 15 is 4.79 Å². The lowest BCUT2D eigenvalue weighted by Crippen LogP contribution is -2.50. The fourth-order valence-corrected chi connectivity index (χ4v) is 7.33. The SMILES string of the molecule is COc1cccc(C(CN2CCN(c3cccc(C(F)(F)F)c3)CC2)C(=O)C(CN2CCN(c3cccc(C(F)(F)F)c3)CC2)c2cccc(OC)c2)c1. The van der Waals surface area contributed by atoms with Crippen LogP contribution in [0.5, 0.6) is 11.5 Å². The van der Waals surface area contributed by atoms with Crippen LogP contribution in [-0.2, 0) is 17.1 Å². The number of Topliss-reactive ketones (excluding diaryl/α,β-unsaturated/α-hetero) is 1. The number of benzene rings is 4. The van der Waals surface area contributed by atoms with E-state index < -0.39 is 35.3 Å². The molecule has 2 unspecified atom stereocenters. The maximum atomic E-state index is 15.1. The molecule has 0 spiro atoms. The number of hydrogen-bond donors (Lipinski definition) is 0. The standard InChI is InChI=1S/C41H44F6N4O3/c1-53-35-13-3-7-29(23-35)37(27-48-15-19-50(20-16-48)33-11-5-9-31(25-33)40(42,43)44)39(52)38(30-8-4-14-36(24-30)54-2)28-49-17-21-51(22-18-49)34-12-6-10-32(26-34)41(45,46)47/h3-14,23-26,37-38H,15-22,27-28H2,1-2H3. The van der Waals surface area contributed by atoms with Gasteiger partial charge in [0.05, 0.1) is 37.2 Å². The summed E-state index contributed by atoms with van der Waals surface area (Å²) in [6.07, 6.45) is -8.87. The number of ketones is 1. The summed E-state index contributed by atoms with van der Waals surface area (Å²) < 4.78 is 91.7. The van der Waals surface area contributed by atoms with Gasteiger partial charge in [-0.15, -0.1) is 0 Å². The van der Waals surface area contributed by atoms with Crippen LogP contribution in [0.15, 0.2) is 97.1 Å². The molecule has 4 aromatic carbocycles. The second-order valence-electron chi connectivity index (χ2n) is 13.7. The van der Waals surface area contributed by atoms with Gasteiger partial charge in [-0.1, -0.05) is 36.4 Å². The van der Waals surface area contributed by atoms with Crippen LogP contribution in [0.25, 0.3) is 0 Å². The lowest BCUT2D eigenvalue weighted by Gasteiger charge is -2.39. The molecule has 2 aliphatic rings. The van der Waals surface area contributed by atoms with Crippen molar-refractivity contribution in [1.82, 2.24) is 9.80 Å².